The Morgan fingerprint density at radius 2 is 1.47 bits per heavy atom. The lowest BCUT2D eigenvalue weighted by Crippen LogP contribution is -2.59. The first-order chi connectivity index (χ1) is 22.3. The van der Waals surface area contributed by atoms with Crippen molar-refractivity contribution in [2.75, 3.05) is 39.3 Å². The lowest BCUT2D eigenvalue weighted by molar-refractivity contribution is -0.167. The molecule has 4 aliphatic carbocycles. The van der Waals surface area contributed by atoms with Crippen molar-refractivity contribution in [2.45, 2.75) is 143 Å². The Bertz CT molecular complexity index is 1050. The number of rotatable bonds is 20. The van der Waals surface area contributed by atoms with Crippen molar-refractivity contribution in [1.29, 1.82) is 0 Å². The predicted molar refractivity (Wildman–Crippen MR) is 191 cm³/mol. The van der Waals surface area contributed by atoms with E-state index in [1.165, 1.54) is 57.8 Å². The van der Waals surface area contributed by atoms with Crippen LogP contribution in [0.2, 0.25) is 0 Å². The number of nitrogens with one attached hydrogen (secondary N) is 3. The number of aliphatic hydroxyl groups is 1. The highest BCUT2D eigenvalue weighted by atomic mass is 32.3. The van der Waals surface area contributed by atoms with Gasteiger partial charge in [-0.15, -0.1) is 0 Å². The first-order valence-corrected chi connectivity index (χ1v) is 20.8. The van der Waals surface area contributed by atoms with Crippen LogP contribution >= 0.6 is 0 Å². The molecule has 0 amide bonds. The molecule has 0 aliphatic heterocycles. The second-order valence-corrected chi connectivity index (χ2v) is 18.1. The summed E-state index contributed by atoms with van der Waals surface area (Å²) >= 11 is 0. The van der Waals surface area contributed by atoms with E-state index in [-0.39, 0.29) is 17.4 Å². The summed E-state index contributed by atoms with van der Waals surface area (Å²) in [5, 5.41) is 22.8. The molecule has 0 heterocycles. The van der Waals surface area contributed by atoms with Gasteiger partial charge in [-0.3, -0.25) is 4.55 Å². The van der Waals surface area contributed by atoms with Gasteiger partial charge in [0.25, 0.3) is 0 Å². The fourth-order valence-corrected chi connectivity index (χ4v) is 11.8. The normalized spacial score (nSPS) is 36.9. The minimum absolute atomic E-state index is 0.0137. The topological polar surface area (TPSA) is 146 Å². The molecule has 4 rings (SSSR count). The van der Waals surface area contributed by atoms with Crippen LogP contribution in [0.3, 0.4) is 0 Å². The minimum atomic E-state index is -4.46. The number of fused-ring (bicyclic) bond motifs is 5. The van der Waals surface area contributed by atoms with Crippen molar-refractivity contribution in [2.24, 2.45) is 58.0 Å². The quantitative estimate of drug-likeness (QED) is 0.0720. The van der Waals surface area contributed by atoms with E-state index >= 15 is 0 Å². The fraction of sp³-hybridized carbons (Fsp3) is 1.00. The molecule has 276 valence electrons. The third-order valence-corrected chi connectivity index (χ3v) is 14.3. The van der Waals surface area contributed by atoms with Gasteiger partial charge in [0.2, 0.25) is 0 Å². The summed E-state index contributed by atoms with van der Waals surface area (Å²) in [6.45, 7) is 17.4. The maximum absolute atomic E-state index is 11.8. The molecule has 10 heteroatoms. The van der Waals surface area contributed by atoms with Gasteiger partial charge in [0.1, 0.15) is 0 Å². The molecule has 4 fully saturated rings. The van der Waals surface area contributed by atoms with Crippen LogP contribution in [0.15, 0.2) is 0 Å². The summed E-state index contributed by atoms with van der Waals surface area (Å²) < 4.78 is 37.2. The SMILES string of the molecule is CC(C)[C@@H](CC[C@@H](C)[C@H]1CCC2C3C(O)C[C@H]4C[C@@H](NCCCNCCCCNCCCN)CC[C@]4(C)C3CC[C@@]21C)OS(=O)(=O)O. The van der Waals surface area contributed by atoms with Gasteiger partial charge in [-0.05, 0) is 181 Å². The molecule has 47 heavy (non-hydrogen) atoms. The third kappa shape index (κ3) is 10.1. The molecule has 7 N–H and O–H groups in total. The average molecular weight is 685 g/mol. The Morgan fingerprint density at radius 3 is 2.13 bits per heavy atom. The standard InChI is InChI=1S/C37H72N4O5S/c1-26(2)34(46-47(43,44)45)13-10-27(3)30-11-12-31-35-32(15-17-37(30,31)5)36(4)16-14-29(24-28(36)25-33(35)42)41-23-9-22-40-20-7-6-19-39-21-8-18-38/h26-35,39-42H,6-25,38H2,1-5H3,(H,43,44,45)/t27-,28-,29+,30-,31?,32?,33?,34-,35?,36+,37-/m1/s1. The van der Waals surface area contributed by atoms with Crippen LogP contribution in [0.4, 0.5) is 0 Å². The van der Waals surface area contributed by atoms with E-state index in [1.54, 1.807) is 0 Å². The molecular weight excluding hydrogens is 612 g/mol. The zero-order valence-electron chi connectivity index (χ0n) is 30.5. The van der Waals surface area contributed by atoms with Gasteiger partial charge in [0.05, 0.1) is 12.2 Å². The number of aliphatic hydroxyl groups excluding tert-OH is 1. The highest BCUT2D eigenvalue weighted by molar-refractivity contribution is 7.80. The van der Waals surface area contributed by atoms with Gasteiger partial charge in [-0.25, -0.2) is 4.18 Å². The Kier molecular flexibility index (Phi) is 14.9. The molecule has 0 aromatic rings. The van der Waals surface area contributed by atoms with Gasteiger partial charge in [0.15, 0.2) is 0 Å². The predicted octanol–water partition coefficient (Wildman–Crippen LogP) is 5.53. The Morgan fingerprint density at radius 1 is 0.830 bits per heavy atom. The highest BCUT2D eigenvalue weighted by Crippen LogP contribution is 2.68. The second kappa shape index (κ2) is 17.7. The van der Waals surface area contributed by atoms with Crippen molar-refractivity contribution < 1.29 is 22.3 Å². The monoisotopic (exact) mass is 685 g/mol. The van der Waals surface area contributed by atoms with E-state index in [1.807, 2.05) is 13.8 Å². The number of nitrogens with two attached hydrogens (primary N) is 1. The molecule has 0 aromatic heterocycles. The molecule has 9 nitrogen and oxygen atoms in total. The van der Waals surface area contributed by atoms with E-state index < -0.39 is 16.5 Å². The number of hydrogen-bond acceptors (Lipinski definition) is 8. The molecule has 0 spiro atoms. The van der Waals surface area contributed by atoms with E-state index in [2.05, 4.69) is 36.7 Å². The van der Waals surface area contributed by atoms with E-state index in [0.717, 1.165) is 65.0 Å². The van der Waals surface area contributed by atoms with Gasteiger partial charge < -0.3 is 26.8 Å². The van der Waals surface area contributed by atoms with Crippen LogP contribution < -0.4 is 21.7 Å². The largest absolute Gasteiger partial charge is 0.397 e. The van der Waals surface area contributed by atoms with E-state index in [4.69, 9.17) is 9.92 Å². The van der Waals surface area contributed by atoms with Crippen LogP contribution in [0.1, 0.15) is 125 Å². The van der Waals surface area contributed by atoms with E-state index in [9.17, 15) is 18.1 Å². The van der Waals surface area contributed by atoms with Crippen molar-refractivity contribution in [3.05, 3.63) is 0 Å². The zero-order valence-corrected chi connectivity index (χ0v) is 31.3. The average Bonchev–Trinajstić information content (AvgIpc) is 3.36. The molecule has 0 saturated heterocycles. The summed E-state index contributed by atoms with van der Waals surface area (Å²) in [6.07, 6.45) is 15.0. The maximum Gasteiger partial charge on any atom is 0.397 e. The first-order valence-electron chi connectivity index (χ1n) is 19.5. The van der Waals surface area contributed by atoms with Gasteiger partial charge in [-0.2, -0.15) is 8.42 Å². The van der Waals surface area contributed by atoms with Crippen molar-refractivity contribution >= 4 is 10.4 Å². The molecule has 4 aliphatic rings. The molecule has 4 saturated carbocycles. The summed E-state index contributed by atoms with van der Waals surface area (Å²) in [5.74, 6) is 3.20. The van der Waals surface area contributed by atoms with Crippen LogP contribution in [0.5, 0.6) is 0 Å². The summed E-state index contributed by atoms with van der Waals surface area (Å²) in [6, 6.07) is 0.571. The summed E-state index contributed by atoms with van der Waals surface area (Å²) in [7, 11) is -4.46. The summed E-state index contributed by atoms with van der Waals surface area (Å²) in [5.41, 5.74) is 6.08. The van der Waals surface area contributed by atoms with E-state index in [0.29, 0.717) is 53.4 Å². The number of hydrogen-bond donors (Lipinski definition) is 6. The smallest absolute Gasteiger partial charge is 0.393 e. The highest BCUT2D eigenvalue weighted by Gasteiger charge is 2.62. The Labute approximate surface area is 288 Å². The lowest BCUT2D eigenvalue weighted by Gasteiger charge is -2.62. The fourth-order valence-electron chi connectivity index (χ4n) is 11.2. The lowest BCUT2D eigenvalue weighted by atomic mass is 9.43. The van der Waals surface area contributed by atoms with Crippen LogP contribution in [0, 0.1) is 52.3 Å². The summed E-state index contributed by atoms with van der Waals surface area (Å²) in [4.78, 5) is 0. The zero-order chi connectivity index (χ0) is 34.2. The van der Waals surface area contributed by atoms with Crippen LogP contribution in [-0.4, -0.2) is 75.6 Å². The molecule has 11 atom stereocenters. The number of unbranched alkanes of at least 4 members (excludes halogenated alkanes) is 1. The van der Waals surface area contributed by atoms with Crippen molar-refractivity contribution in [3.8, 4) is 0 Å². The molecule has 4 unspecified atom stereocenters. The van der Waals surface area contributed by atoms with Gasteiger partial charge >= 0.3 is 10.4 Å². The molecule has 0 aromatic carbocycles. The van der Waals surface area contributed by atoms with Crippen LogP contribution in [-0.2, 0) is 14.6 Å². The molecule has 0 bridgehead atoms. The van der Waals surface area contributed by atoms with Gasteiger partial charge in [-0.1, -0.05) is 34.6 Å². The second-order valence-electron chi connectivity index (χ2n) is 17.0. The van der Waals surface area contributed by atoms with Gasteiger partial charge in [0, 0.05) is 6.04 Å². The van der Waals surface area contributed by atoms with Crippen molar-refractivity contribution in [1.82, 2.24) is 16.0 Å². The minimum Gasteiger partial charge on any atom is -0.393 e. The molecule has 0 radical (unpaired) electrons. The third-order valence-electron chi connectivity index (χ3n) is 13.8. The first kappa shape index (κ1) is 39.5. The maximum atomic E-state index is 11.8. The Balaban J connectivity index is 1.23. The molecular formula is C37H72N4O5S. The van der Waals surface area contributed by atoms with Crippen molar-refractivity contribution in [3.63, 3.8) is 0 Å². The van der Waals surface area contributed by atoms with Crippen LogP contribution in [0.25, 0.3) is 0 Å². The Hall–Kier alpha value is -0.330.